The van der Waals surface area contributed by atoms with E-state index in [0.717, 1.165) is 29.7 Å². The number of carbonyl (C=O) groups excluding carboxylic acids is 3. The number of anilines is 2. The molecule has 6 rings (SSSR count). The van der Waals surface area contributed by atoms with Gasteiger partial charge in [-0.2, -0.15) is 13.2 Å². The maximum absolute atomic E-state index is 13.9. The zero-order valence-corrected chi connectivity index (χ0v) is 18.6. The van der Waals surface area contributed by atoms with Crippen molar-refractivity contribution < 1.29 is 27.6 Å². The topological polar surface area (TPSA) is 69.7 Å². The molecule has 34 heavy (non-hydrogen) atoms. The lowest BCUT2D eigenvalue weighted by Crippen LogP contribution is -2.54. The number of hydrogen-bond donors (Lipinski definition) is 1. The van der Waals surface area contributed by atoms with Crippen LogP contribution in [0.25, 0.3) is 0 Å². The van der Waals surface area contributed by atoms with Crippen molar-refractivity contribution in [3.8, 4) is 0 Å². The zero-order valence-electron chi connectivity index (χ0n) is 18.6. The highest BCUT2D eigenvalue weighted by atomic mass is 19.4. The number of rotatable bonds is 1. The summed E-state index contributed by atoms with van der Waals surface area (Å²) >= 11 is 0. The Labute approximate surface area is 193 Å². The second-order valence-electron chi connectivity index (χ2n) is 9.58. The molecular formula is C25H22F3N3O3. The lowest BCUT2D eigenvalue weighted by Gasteiger charge is -2.37. The summed E-state index contributed by atoms with van der Waals surface area (Å²) in [5.74, 6) is -3.76. The van der Waals surface area contributed by atoms with Gasteiger partial charge in [0, 0.05) is 17.3 Å². The highest BCUT2D eigenvalue weighted by molar-refractivity contribution is 6.26. The van der Waals surface area contributed by atoms with Crippen LogP contribution in [0.4, 0.5) is 24.5 Å². The van der Waals surface area contributed by atoms with Crippen LogP contribution in [0.2, 0.25) is 0 Å². The highest BCUT2D eigenvalue weighted by Crippen LogP contribution is 2.61. The van der Waals surface area contributed by atoms with E-state index in [1.807, 2.05) is 30.9 Å². The maximum atomic E-state index is 13.9. The number of benzene rings is 2. The lowest BCUT2D eigenvalue weighted by atomic mass is 9.75. The number of nitrogens with zero attached hydrogens (tertiary/aromatic N) is 2. The summed E-state index contributed by atoms with van der Waals surface area (Å²) in [6.07, 6.45) is -3.40. The van der Waals surface area contributed by atoms with Crippen LogP contribution in [0.5, 0.6) is 0 Å². The Morgan fingerprint density at radius 1 is 1.03 bits per heavy atom. The molecule has 9 heteroatoms. The van der Waals surface area contributed by atoms with Crippen LogP contribution in [0, 0.1) is 25.7 Å². The van der Waals surface area contributed by atoms with E-state index in [1.54, 1.807) is 0 Å². The van der Waals surface area contributed by atoms with Gasteiger partial charge in [0.05, 0.1) is 23.1 Å². The van der Waals surface area contributed by atoms with Gasteiger partial charge in [-0.25, -0.2) is 4.90 Å². The molecule has 0 aromatic heterocycles. The average Bonchev–Trinajstić information content (AvgIpc) is 3.49. The minimum Gasteiger partial charge on any atom is -0.324 e. The summed E-state index contributed by atoms with van der Waals surface area (Å²) in [7, 11) is 0. The molecule has 4 aliphatic heterocycles. The number of imide groups is 1. The van der Waals surface area contributed by atoms with E-state index >= 15 is 0 Å². The second kappa shape index (κ2) is 6.69. The third-order valence-corrected chi connectivity index (χ3v) is 8.15. The van der Waals surface area contributed by atoms with E-state index in [4.69, 9.17) is 0 Å². The largest absolute Gasteiger partial charge is 0.418 e. The number of hydrogen-bond acceptors (Lipinski definition) is 4. The van der Waals surface area contributed by atoms with E-state index in [1.165, 1.54) is 12.1 Å². The van der Waals surface area contributed by atoms with Gasteiger partial charge in [0.25, 0.3) is 0 Å². The number of fused-ring (bicyclic) bond motifs is 7. The summed E-state index contributed by atoms with van der Waals surface area (Å²) in [4.78, 5) is 43.9. The first-order valence-electron chi connectivity index (χ1n) is 11.3. The van der Waals surface area contributed by atoms with Gasteiger partial charge in [-0.3, -0.25) is 19.3 Å². The van der Waals surface area contributed by atoms with Crippen molar-refractivity contribution in [2.45, 2.75) is 44.4 Å². The molecule has 1 N–H and O–H groups in total. The Hall–Kier alpha value is -3.20. The highest BCUT2D eigenvalue weighted by Gasteiger charge is 2.75. The number of para-hydroxylation sites is 1. The molecule has 3 amide bonds. The molecule has 3 fully saturated rings. The molecule has 0 aliphatic carbocycles. The molecule has 2 aromatic carbocycles. The third-order valence-electron chi connectivity index (χ3n) is 8.15. The van der Waals surface area contributed by atoms with Gasteiger partial charge in [0.15, 0.2) is 0 Å². The fourth-order valence-corrected chi connectivity index (χ4v) is 6.67. The van der Waals surface area contributed by atoms with Crippen molar-refractivity contribution in [2.24, 2.45) is 11.8 Å². The van der Waals surface area contributed by atoms with Gasteiger partial charge < -0.3 is 5.32 Å². The number of nitrogens with one attached hydrogen (secondary N) is 1. The van der Waals surface area contributed by atoms with Gasteiger partial charge in [-0.15, -0.1) is 0 Å². The van der Waals surface area contributed by atoms with Crippen LogP contribution in [-0.4, -0.2) is 35.2 Å². The predicted molar refractivity (Wildman–Crippen MR) is 117 cm³/mol. The van der Waals surface area contributed by atoms with Crippen LogP contribution in [0.15, 0.2) is 36.4 Å². The average molecular weight is 469 g/mol. The summed E-state index contributed by atoms with van der Waals surface area (Å²) < 4.78 is 41.3. The molecule has 1 spiro atoms. The van der Waals surface area contributed by atoms with Gasteiger partial charge in [0.1, 0.15) is 5.54 Å². The normalized spacial score (nSPS) is 30.2. The number of amides is 3. The van der Waals surface area contributed by atoms with E-state index in [9.17, 15) is 27.6 Å². The first-order chi connectivity index (χ1) is 16.1. The Kier molecular flexibility index (Phi) is 4.20. The fraction of sp³-hybridized carbons (Fsp3) is 0.400. The molecule has 2 aromatic rings. The standard InChI is InChI=1S/C25H22F3N3O3/c1-12-9-10-15-20(13(12)2)29-23(34)24(15)19-18(17-8-5-11-30(17)24)21(32)31(22(19)33)16-7-4-3-6-14(16)25(26,27)28/h3-4,6-7,9-10,17-19H,5,8,11H2,1-2H3,(H,29,34)/t17-,18-,19+,24+/m1/s1. The lowest BCUT2D eigenvalue weighted by molar-refractivity contribution is -0.138. The van der Waals surface area contributed by atoms with E-state index in [0.29, 0.717) is 29.1 Å². The van der Waals surface area contributed by atoms with Crippen molar-refractivity contribution in [1.29, 1.82) is 0 Å². The van der Waals surface area contributed by atoms with Gasteiger partial charge >= 0.3 is 6.18 Å². The van der Waals surface area contributed by atoms with E-state index in [-0.39, 0.29) is 11.9 Å². The molecule has 3 saturated heterocycles. The molecule has 4 heterocycles. The smallest absolute Gasteiger partial charge is 0.324 e. The van der Waals surface area contributed by atoms with E-state index < -0.39 is 46.6 Å². The summed E-state index contributed by atoms with van der Waals surface area (Å²) in [6, 6.07) is 7.93. The first-order valence-corrected chi connectivity index (χ1v) is 11.3. The van der Waals surface area contributed by atoms with Crippen molar-refractivity contribution in [2.75, 3.05) is 16.8 Å². The van der Waals surface area contributed by atoms with Crippen LogP contribution < -0.4 is 10.2 Å². The quantitative estimate of drug-likeness (QED) is 0.646. The number of halogens is 3. The molecule has 0 saturated carbocycles. The molecule has 4 aliphatic rings. The predicted octanol–water partition coefficient (Wildman–Crippen LogP) is 3.75. The minimum absolute atomic E-state index is 0.386. The second-order valence-corrected chi connectivity index (χ2v) is 9.58. The van der Waals surface area contributed by atoms with Crippen molar-refractivity contribution >= 4 is 29.1 Å². The van der Waals surface area contributed by atoms with Crippen molar-refractivity contribution in [3.05, 3.63) is 58.7 Å². The molecule has 6 nitrogen and oxygen atoms in total. The molecule has 0 radical (unpaired) electrons. The Balaban J connectivity index is 1.57. The first kappa shape index (κ1) is 21.3. The Morgan fingerprint density at radius 3 is 2.50 bits per heavy atom. The van der Waals surface area contributed by atoms with Crippen molar-refractivity contribution in [1.82, 2.24) is 4.90 Å². The van der Waals surface area contributed by atoms with Crippen LogP contribution >= 0.6 is 0 Å². The molecule has 176 valence electrons. The summed E-state index contributed by atoms with van der Waals surface area (Å²) in [5, 5.41) is 2.95. The van der Waals surface area contributed by atoms with Gasteiger partial charge in [0.2, 0.25) is 17.7 Å². The Morgan fingerprint density at radius 2 is 1.76 bits per heavy atom. The third kappa shape index (κ3) is 2.38. The molecule has 0 unspecified atom stereocenters. The molecule has 4 atom stereocenters. The van der Waals surface area contributed by atoms with Crippen molar-refractivity contribution in [3.63, 3.8) is 0 Å². The zero-order chi connectivity index (χ0) is 24.2. The fourth-order valence-electron chi connectivity index (χ4n) is 6.67. The van der Waals surface area contributed by atoms with Gasteiger partial charge in [-0.1, -0.05) is 24.3 Å². The minimum atomic E-state index is -4.74. The van der Waals surface area contributed by atoms with Crippen LogP contribution in [0.1, 0.15) is 35.1 Å². The summed E-state index contributed by atoms with van der Waals surface area (Å²) in [5.41, 5.74) is 0.178. The maximum Gasteiger partial charge on any atom is 0.418 e. The summed E-state index contributed by atoms with van der Waals surface area (Å²) in [6.45, 7) is 4.34. The Bertz CT molecular complexity index is 1290. The number of carbonyl (C=O) groups is 3. The van der Waals surface area contributed by atoms with Gasteiger partial charge in [-0.05, 0) is 56.5 Å². The van der Waals surface area contributed by atoms with Crippen LogP contribution in [-0.2, 0) is 26.1 Å². The van der Waals surface area contributed by atoms with Crippen LogP contribution in [0.3, 0.4) is 0 Å². The molecule has 0 bridgehead atoms. The number of alkyl halides is 3. The SMILES string of the molecule is Cc1ccc2c(c1C)NC(=O)[C@@]21[C@@H]2C(=O)N(c3ccccc3C(F)(F)F)C(=O)[C@@H]2[C@H]2CCCN21. The number of aryl methyl sites for hydroxylation is 1. The monoisotopic (exact) mass is 469 g/mol. The van der Waals surface area contributed by atoms with E-state index in [2.05, 4.69) is 5.32 Å². The molecular weight excluding hydrogens is 447 g/mol.